The van der Waals surface area contributed by atoms with Crippen molar-refractivity contribution < 1.29 is 0 Å². The fraction of sp³-hybridized carbons (Fsp3) is 0.421. The topological polar surface area (TPSA) is 34.0 Å². The molecule has 3 rings (SSSR count). The average Bonchev–Trinajstić information content (AvgIpc) is 2.57. The Balaban J connectivity index is 1.56. The first kappa shape index (κ1) is 15.0. The zero-order valence-electron chi connectivity index (χ0n) is 13.0. The molecule has 116 valence electrons. The van der Waals surface area contributed by atoms with Gasteiger partial charge >= 0.3 is 0 Å². The molecule has 0 bridgehead atoms. The molecular formula is C19H24N2O. The monoisotopic (exact) mass is 296 g/mol. The summed E-state index contributed by atoms with van der Waals surface area (Å²) in [7, 11) is 0. The Bertz CT molecular complexity index is 639. The van der Waals surface area contributed by atoms with Crippen LogP contribution in [0.25, 0.3) is 0 Å². The van der Waals surface area contributed by atoms with E-state index >= 15 is 0 Å². The van der Waals surface area contributed by atoms with Crippen molar-refractivity contribution in [1.82, 2.24) is 9.88 Å². The second-order valence-corrected chi connectivity index (χ2v) is 6.20. The molecule has 22 heavy (non-hydrogen) atoms. The molecule has 0 aliphatic heterocycles. The Kier molecular flexibility index (Phi) is 5.07. The van der Waals surface area contributed by atoms with E-state index in [1.54, 1.807) is 16.7 Å². The number of aromatic nitrogens is 1. The van der Waals surface area contributed by atoms with Crippen molar-refractivity contribution in [2.24, 2.45) is 0 Å². The Labute approximate surface area is 132 Å². The van der Waals surface area contributed by atoms with Gasteiger partial charge in [-0.3, -0.25) is 4.79 Å². The maximum Gasteiger partial charge on any atom is 0.250 e. The van der Waals surface area contributed by atoms with Gasteiger partial charge in [0.25, 0.3) is 5.56 Å². The zero-order chi connectivity index (χ0) is 15.2. The standard InChI is InChI=1S/C19H24N2O/c22-19-8-4-5-13-21(19)15-17-11-9-16(10-12-17)14-20-18-6-2-1-3-7-18/h4-5,8-13,18,20H,1-3,6-7,14-15H2. The number of nitrogens with zero attached hydrogens (tertiary/aromatic N) is 1. The van der Waals surface area contributed by atoms with Crippen LogP contribution >= 0.6 is 0 Å². The highest BCUT2D eigenvalue weighted by Gasteiger charge is 2.12. The fourth-order valence-electron chi connectivity index (χ4n) is 3.12. The van der Waals surface area contributed by atoms with Gasteiger partial charge in [-0.1, -0.05) is 49.6 Å². The molecule has 2 aromatic rings. The van der Waals surface area contributed by atoms with Crippen LogP contribution in [0.5, 0.6) is 0 Å². The SMILES string of the molecule is O=c1ccccn1Cc1ccc(CNC2CCCCC2)cc1. The van der Waals surface area contributed by atoms with Crippen LogP contribution in [0.15, 0.2) is 53.5 Å². The minimum atomic E-state index is 0.0468. The highest BCUT2D eigenvalue weighted by molar-refractivity contribution is 5.23. The molecule has 1 aliphatic carbocycles. The van der Waals surface area contributed by atoms with E-state index < -0.39 is 0 Å². The molecule has 0 atom stereocenters. The highest BCUT2D eigenvalue weighted by Crippen LogP contribution is 2.17. The number of benzene rings is 1. The molecule has 3 heteroatoms. The Morgan fingerprint density at radius 2 is 1.68 bits per heavy atom. The summed E-state index contributed by atoms with van der Waals surface area (Å²) in [6, 6.07) is 14.5. The van der Waals surface area contributed by atoms with E-state index in [1.807, 2.05) is 12.3 Å². The fourth-order valence-corrected chi connectivity index (χ4v) is 3.12. The third-order valence-corrected chi connectivity index (χ3v) is 4.47. The molecule has 1 saturated carbocycles. The number of nitrogens with one attached hydrogen (secondary N) is 1. The summed E-state index contributed by atoms with van der Waals surface area (Å²) >= 11 is 0. The Morgan fingerprint density at radius 3 is 2.41 bits per heavy atom. The molecular weight excluding hydrogens is 272 g/mol. The van der Waals surface area contributed by atoms with Gasteiger partial charge in [-0.15, -0.1) is 0 Å². The molecule has 1 heterocycles. The molecule has 0 amide bonds. The Hall–Kier alpha value is -1.87. The predicted molar refractivity (Wildman–Crippen MR) is 90.0 cm³/mol. The second kappa shape index (κ2) is 7.41. The van der Waals surface area contributed by atoms with Crippen LogP contribution in [0.2, 0.25) is 0 Å². The molecule has 1 aromatic heterocycles. The van der Waals surface area contributed by atoms with Gasteiger partial charge in [-0.2, -0.15) is 0 Å². The lowest BCUT2D eigenvalue weighted by Crippen LogP contribution is -2.30. The number of pyridine rings is 1. The van der Waals surface area contributed by atoms with Gasteiger partial charge in [0.05, 0.1) is 6.54 Å². The third-order valence-electron chi connectivity index (χ3n) is 4.47. The first-order valence-electron chi connectivity index (χ1n) is 8.28. The van der Waals surface area contributed by atoms with Gasteiger partial charge in [-0.25, -0.2) is 0 Å². The molecule has 1 fully saturated rings. The van der Waals surface area contributed by atoms with Gasteiger partial charge in [0, 0.05) is 24.8 Å². The van der Waals surface area contributed by atoms with Crippen LogP contribution in [0.4, 0.5) is 0 Å². The van der Waals surface area contributed by atoms with Gasteiger partial charge < -0.3 is 9.88 Å². The lowest BCUT2D eigenvalue weighted by Gasteiger charge is -2.22. The highest BCUT2D eigenvalue weighted by atomic mass is 16.1. The van der Waals surface area contributed by atoms with Crippen molar-refractivity contribution in [2.75, 3.05) is 0 Å². The van der Waals surface area contributed by atoms with Crippen LogP contribution in [-0.2, 0) is 13.1 Å². The van der Waals surface area contributed by atoms with Crippen molar-refractivity contribution in [1.29, 1.82) is 0 Å². The number of hydrogen-bond acceptors (Lipinski definition) is 2. The van der Waals surface area contributed by atoms with E-state index in [9.17, 15) is 4.79 Å². The third kappa shape index (κ3) is 4.08. The minimum Gasteiger partial charge on any atom is -0.311 e. The van der Waals surface area contributed by atoms with Crippen molar-refractivity contribution in [3.05, 3.63) is 70.1 Å². The smallest absolute Gasteiger partial charge is 0.250 e. The van der Waals surface area contributed by atoms with Crippen LogP contribution in [0, 0.1) is 0 Å². The van der Waals surface area contributed by atoms with Crippen molar-refractivity contribution in [3.63, 3.8) is 0 Å². The predicted octanol–water partition coefficient (Wildman–Crippen LogP) is 3.32. The van der Waals surface area contributed by atoms with Crippen LogP contribution in [0.1, 0.15) is 43.2 Å². The molecule has 0 spiro atoms. The zero-order valence-corrected chi connectivity index (χ0v) is 13.0. The molecule has 1 aliphatic rings. The maximum absolute atomic E-state index is 11.7. The van der Waals surface area contributed by atoms with Crippen LogP contribution < -0.4 is 10.9 Å². The first-order valence-corrected chi connectivity index (χ1v) is 8.28. The van der Waals surface area contributed by atoms with Gasteiger partial charge in [-0.05, 0) is 30.0 Å². The normalized spacial score (nSPS) is 15.8. The number of hydrogen-bond donors (Lipinski definition) is 1. The molecule has 0 radical (unpaired) electrons. The summed E-state index contributed by atoms with van der Waals surface area (Å²) in [6.07, 6.45) is 8.58. The molecule has 1 aromatic carbocycles. The van der Waals surface area contributed by atoms with E-state index in [0.717, 1.165) is 12.1 Å². The lowest BCUT2D eigenvalue weighted by molar-refractivity contribution is 0.372. The van der Waals surface area contributed by atoms with Crippen molar-refractivity contribution >= 4 is 0 Å². The summed E-state index contributed by atoms with van der Waals surface area (Å²) < 4.78 is 1.73. The summed E-state index contributed by atoms with van der Waals surface area (Å²) in [5.41, 5.74) is 2.52. The van der Waals surface area contributed by atoms with E-state index in [-0.39, 0.29) is 5.56 Å². The molecule has 1 N–H and O–H groups in total. The summed E-state index contributed by atoms with van der Waals surface area (Å²) in [4.78, 5) is 11.7. The Morgan fingerprint density at radius 1 is 0.955 bits per heavy atom. The van der Waals surface area contributed by atoms with Crippen molar-refractivity contribution in [3.8, 4) is 0 Å². The summed E-state index contributed by atoms with van der Waals surface area (Å²) in [5.74, 6) is 0. The van der Waals surface area contributed by atoms with E-state index in [4.69, 9.17) is 0 Å². The van der Waals surface area contributed by atoms with Crippen LogP contribution in [-0.4, -0.2) is 10.6 Å². The van der Waals surface area contributed by atoms with Crippen LogP contribution in [0.3, 0.4) is 0 Å². The summed E-state index contributed by atoms with van der Waals surface area (Å²) in [5, 5.41) is 3.66. The maximum atomic E-state index is 11.7. The molecule has 0 unspecified atom stereocenters. The van der Waals surface area contributed by atoms with Crippen molar-refractivity contribution in [2.45, 2.75) is 51.2 Å². The second-order valence-electron chi connectivity index (χ2n) is 6.20. The molecule has 0 saturated heterocycles. The van der Waals surface area contributed by atoms with Gasteiger partial charge in [0.2, 0.25) is 0 Å². The average molecular weight is 296 g/mol. The number of rotatable bonds is 5. The van der Waals surface area contributed by atoms with E-state index in [2.05, 4.69) is 29.6 Å². The minimum absolute atomic E-state index is 0.0468. The first-order chi connectivity index (χ1) is 10.8. The quantitative estimate of drug-likeness (QED) is 0.918. The molecule has 3 nitrogen and oxygen atoms in total. The van der Waals surface area contributed by atoms with Gasteiger partial charge in [0.15, 0.2) is 0 Å². The lowest BCUT2D eigenvalue weighted by atomic mass is 9.95. The summed E-state index contributed by atoms with van der Waals surface area (Å²) in [6.45, 7) is 1.58. The van der Waals surface area contributed by atoms with Gasteiger partial charge in [0.1, 0.15) is 0 Å². The van der Waals surface area contributed by atoms with E-state index in [1.165, 1.54) is 37.7 Å². The largest absolute Gasteiger partial charge is 0.311 e. The van der Waals surface area contributed by atoms with E-state index in [0.29, 0.717) is 12.6 Å².